The van der Waals surface area contributed by atoms with Crippen LogP contribution >= 0.6 is 0 Å². The van der Waals surface area contributed by atoms with Crippen LogP contribution in [0, 0.1) is 6.08 Å². The van der Waals surface area contributed by atoms with Crippen LogP contribution in [0.5, 0.6) is 0 Å². The highest BCUT2D eigenvalue weighted by molar-refractivity contribution is 5.59. The summed E-state index contributed by atoms with van der Waals surface area (Å²) in [6.07, 6.45) is 2.81. The van der Waals surface area contributed by atoms with Gasteiger partial charge in [0.1, 0.15) is 0 Å². The van der Waals surface area contributed by atoms with Crippen molar-refractivity contribution in [3.8, 4) is 11.3 Å². The van der Waals surface area contributed by atoms with E-state index in [1.807, 2.05) is 30.3 Å². The van der Waals surface area contributed by atoms with Crippen molar-refractivity contribution in [1.82, 2.24) is 4.98 Å². The van der Waals surface area contributed by atoms with E-state index in [0.717, 1.165) is 11.4 Å². The quantitative estimate of drug-likeness (QED) is 0.709. The van der Waals surface area contributed by atoms with Crippen molar-refractivity contribution in [1.29, 1.82) is 0 Å². The maximum Gasteiger partial charge on any atom is 0.0459 e. The van der Waals surface area contributed by atoms with Gasteiger partial charge in [-0.2, -0.15) is 0 Å². The van der Waals surface area contributed by atoms with E-state index in [9.17, 15) is 0 Å². The Morgan fingerprint density at radius 1 is 1.00 bits per heavy atom. The summed E-state index contributed by atoms with van der Waals surface area (Å²) in [7, 11) is 0. The Morgan fingerprint density at radius 3 is 2.38 bits per heavy atom. The second-order valence-electron chi connectivity index (χ2n) is 2.83. The molecule has 1 aromatic heterocycles. The van der Waals surface area contributed by atoms with E-state index in [-0.39, 0.29) is 0 Å². The van der Waals surface area contributed by atoms with Gasteiger partial charge in [0.05, 0.1) is 0 Å². The zero-order chi connectivity index (χ0) is 9.10. The SMILES string of the molecule is C=[C]c1ccc(-c2ccccc2)[nH]1. The highest BCUT2D eigenvalue weighted by atomic mass is 14.7. The molecule has 0 fully saturated rings. The smallest absolute Gasteiger partial charge is 0.0459 e. The van der Waals surface area contributed by atoms with Gasteiger partial charge < -0.3 is 4.98 Å². The zero-order valence-corrected chi connectivity index (χ0v) is 7.25. The van der Waals surface area contributed by atoms with Gasteiger partial charge >= 0.3 is 0 Å². The molecule has 0 spiro atoms. The molecule has 2 aromatic rings. The van der Waals surface area contributed by atoms with E-state index in [1.165, 1.54) is 5.56 Å². The predicted octanol–water partition coefficient (Wildman–Crippen LogP) is 3.02. The third-order valence-corrected chi connectivity index (χ3v) is 1.96. The molecule has 0 amide bonds. The molecular formula is C12H10N. The fourth-order valence-corrected chi connectivity index (χ4v) is 1.28. The minimum absolute atomic E-state index is 0.929. The second-order valence-corrected chi connectivity index (χ2v) is 2.83. The molecule has 2 rings (SSSR count). The summed E-state index contributed by atoms with van der Waals surface area (Å²) >= 11 is 0. The highest BCUT2D eigenvalue weighted by Crippen LogP contribution is 2.17. The highest BCUT2D eigenvalue weighted by Gasteiger charge is 1.97. The largest absolute Gasteiger partial charge is 0.355 e. The van der Waals surface area contributed by atoms with Gasteiger partial charge in [-0.3, -0.25) is 0 Å². The number of H-pyrrole nitrogens is 1. The molecule has 13 heavy (non-hydrogen) atoms. The van der Waals surface area contributed by atoms with Crippen molar-refractivity contribution in [2.24, 2.45) is 0 Å². The maximum absolute atomic E-state index is 3.58. The first-order chi connectivity index (χ1) is 6.40. The lowest BCUT2D eigenvalue weighted by Gasteiger charge is -1.95. The monoisotopic (exact) mass is 168 g/mol. The third kappa shape index (κ3) is 1.54. The zero-order valence-electron chi connectivity index (χ0n) is 7.25. The van der Waals surface area contributed by atoms with E-state index in [2.05, 4.69) is 29.8 Å². The molecule has 1 radical (unpaired) electrons. The lowest BCUT2D eigenvalue weighted by Crippen LogP contribution is -1.76. The lowest BCUT2D eigenvalue weighted by molar-refractivity contribution is 1.33. The summed E-state index contributed by atoms with van der Waals surface area (Å²) in [5.41, 5.74) is 3.22. The fourth-order valence-electron chi connectivity index (χ4n) is 1.28. The van der Waals surface area contributed by atoms with Crippen molar-refractivity contribution in [2.45, 2.75) is 0 Å². The van der Waals surface area contributed by atoms with E-state index < -0.39 is 0 Å². The Bertz CT molecular complexity index is 398. The van der Waals surface area contributed by atoms with Gasteiger partial charge in [0.2, 0.25) is 0 Å². The van der Waals surface area contributed by atoms with Gasteiger partial charge in [-0.25, -0.2) is 0 Å². The normalized spacial score (nSPS) is 9.85. The Labute approximate surface area is 77.7 Å². The molecule has 0 unspecified atom stereocenters. The van der Waals surface area contributed by atoms with Crippen LogP contribution < -0.4 is 0 Å². The van der Waals surface area contributed by atoms with Crippen LogP contribution in [-0.4, -0.2) is 4.98 Å². The topological polar surface area (TPSA) is 15.8 Å². The number of benzene rings is 1. The Morgan fingerprint density at radius 2 is 1.77 bits per heavy atom. The lowest BCUT2D eigenvalue weighted by atomic mass is 10.2. The minimum atomic E-state index is 0.929. The van der Waals surface area contributed by atoms with E-state index in [1.54, 1.807) is 0 Å². The molecule has 1 N–H and O–H groups in total. The van der Waals surface area contributed by atoms with Gasteiger partial charge in [0, 0.05) is 11.4 Å². The van der Waals surface area contributed by atoms with Crippen LogP contribution in [0.1, 0.15) is 5.69 Å². The molecule has 1 heterocycles. The number of aromatic nitrogens is 1. The van der Waals surface area contributed by atoms with Crippen LogP contribution in [0.4, 0.5) is 0 Å². The Kier molecular flexibility index (Phi) is 2.01. The molecule has 0 aliphatic carbocycles. The number of aromatic amines is 1. The number of nitrogens with one attached hydrogen (secondary N) is 1. The summed E-state index contributed by atoms with van der Waals surface area (Å²) in [4.78, 5) is 3.21. The van der Waals surface area contributed by atoms with Crippen LogP contribution in [0.15, 0.2) is 49.0 Å². The second kappa shape index (κ2) is 3.31. The number of hydrogen-bond donors (Lipinski definition) is 1. The molecule has 0 aliphatic rings. The molecule has 1 heteroatoms. The fraction of sp³-hybridized carbons (Fsp3) is 0. The summed E-state index contributed by atoms with van der Waals surface area (Å²) in [5, 5.41) is 0. The van der Waals surface area contributed by atoms with Gasteiger partial charge in [-0.15, -0.1) is 0 Å². The van der Waals surface area contributed by atoms with Crippen molar-refractivity contribution in [3.05, 3.63) is 60.8 Å². The van der Waals surface area contributed by atoms with Gasteiger partial charge in [0.25, 0.3) is 0 Å². The first-order valence-electron chi connectivity index (χ1n) is 4.17. The average Bonchev–Trinajstić information content (AvgIpc) is 2.67. The number of rotatable bonds is 2. The maximum atomic E-state index is 3.58. The van der Waals surface area contributed by atoms with E-state index in [4.69, 9.17) is 0 Å². The summed E-state index contributed by atoms with van der Waals surface area (Å²) in [6.45, 7) is 3.58. The van der Waals surface area contributed by atoms with Crippen molar-refractivity contribution >= 4 is 0 Å². The third-order valence-electron chi connectivity index (χ3n) is 1.96. The first kappa shape index (κ1) is 7.87. The Balaban J connectivity index is 2.41. The average molecular weight is 168 g/mol. The molecule has 1 aromatic carbocycles. The number of hydrogen-bond acceptors (Lipinski definition) is 0. The van der Waals surface area contributed by atoms with Crippen LogP contribution in [0.25, 0.3) is 11.3 Å². The Hall–Kier alpha value is -1.76. The van der Waals surface area contributed by atoms with Gasteiger partial charge in [-0.05, 0) is 23.8 Å². The predicted molar refractivity (Wildman–Crippen MR) is 54.2 cm³/mol. The first-order valence-corrected chi connectivity index (χ1v) is 4.17. The summed E-state index contributed by atoms with van der Waals surface area (Å²) in [5.74, 6) is 0. The van der Waals surface area contributed by atoms with Crippen molar-refractivity contribution in [2.75, 3.05) is 0 Å². The van der Waals surface area contributed by atoms with Gasteiger partial charge in [0.15, 0.2) is 0 Å². The van der Waals surface area contributed by atoms with Crippen molar-refractivity contribution in [3.63, 3.8) is 0 Å². The molecule has 0 saturated carbocycles. The van der Waals surface area contributed by atoms with Crippen LogP contribution in [0.2, 0.25) is 0 Å². The van der Waals surface area contributed by atoms with Crippen LogP contribution in [-0.2, 0) is 0 Å². The van der Waals surface area contributed by atoms with Crippen LogP contribution in [0.3, 0.4) is 0 Å². The van der Waals surface area contributed by atoms with E-state index in [0.29, 0.717) is 0 Å². The summed E-state index contributed by atoms with van der Waals surface area (Å²) < 4.78 is 0. The standard InChI is InChI=1S/C12H10N/c1-2-11-8-9-12(13-11)10-6-4-3-5-7-10/h3-9,13H,1H2. The molecule has 0 atom stereocenters. The summed E-state index contributed by atoms with van der Waals surface area (Å²) in [6, 6.07) is 14.2. The molecule has 0 aliphatic heterocycles. The minimum Gasteiger partial charge on any atom is -0.355 e. The van der Waals surface area contributed by atoms with Gasteiger partial charge in [-0.1, -0.05) is 36.9 Å². The van der Waals surface area contributed by atoms with E-state index >= 15 is 0 Å². The molecule has 63 valence electrons. The molecule has 0 bridgehead atoms. The van der Waals surface area contributed by atoms with Crippen molar-refractivity contribution < 1.29 is 0 Å². The molecular weight excluding hydrogens is 158 g/mol. The molecule has 0 saturated heterocycles. The molecule has 1 nitrogen and oxygen atoms in total.